The summed E-state index contributed by atoms with van der Waals surface area (Å²) in [6.07, 6.45) is 1.13. The molecule has 0 saturated heterocycles. The Bertz CT molecular complexity index is 578. The first kappa shape index (κ1) is 14.9. The summed E-state index contributed by atoms with van der Waals surface area (Å²) in [4.78, 5) is 12.6. The van der Waals surface area contributed by atoms with E-state index in [1.807, 2.05) is 5.38 Å². The maximum absolute atomic E-state index is 10.2. The van der Waals surface area contributed by atoms with Crippen LogP contribution in [0.3, 0.4) is 0 Å². The number of hydrogen-bond acceptors (Lipinski definition) is 6. The molecule has 0 bridgehead atoms. The molecule has 6 heteroatoms. The Labute approximate surface area is 122 Å². The third-order valence-corrected chi connectivity index (χ3v) is 3.77. The first-order valence-electron chi connectivity index (χ1n) is 6.39. The molecule has 2 aromatic rings. The van der Waals surface area contributed by atoms with Crippen molar-refractivity contribution in [1.29, 1.82) is 0 Å². The van der Waals surface area contributed by atoms with E-state index in [1.165, 1.54) is 13.4 Å². The number of nitrogens with zero attached hydrogens (tertiary/aromatic N) is 3. The van der Waals surface area contributed by atoms with Crippen molar-refractivity contribution < 1.29 is 9.84 Å². The molecule has 1 unspecified atom stereocenters. The minimum atomic E-state index is -0.703. The molecule has 5 nitrogen and oxygen atoms in total. The van der Waals surface area contributed by atoms with E-state index in [0.717, 1.165) is 10.7 Å². The third kappa shape index (κ3) is 3.52. The molecule has 0 fully saturated rings. The highest BCUT2D eigenvalue weighted by Gasteiger charge is 2.19. The van der Waals surface area contributed by atoms with Gasteiger partial charge in [-0.15, -0.1) is 11.3 Å². The summed E-state index contributed by atoms with van der Waals surface area (Å²) in [7, 11) is 1.54. The van der Waals surface area contributed by atoms with Crippen LogP contribution < -0.4 is 4.74 Å². The second-order valence-corrected chi connectivity index (χ2v) is 6.52. The van der Waals surface area contributed by atoms with Crippen molar-refractivity contribution in [3.05, 3.63) is 34.2 Å². The van der Waals surface area contributed by atoms with Crippen LogP contribution in [-0.2, 0) is 11.8 Å². The maximum atomic E-state index is 10.2. The summed E-state index contributed by atoms with van der Waals surface area (Å²) < 4.78 is 5.03. The molecule has 0 aromatic carbocycles. The molecule has 2 heterocycles. The Balaban J connectivity index is 2.11. The van der Waals surface area contributed by atoms with Crippen molar-refractivity contribution in [2.24, 2.45) is 0 Å². The summed E-state index contributed by atoms with van der Waals surface area (Å²) in [5.74, 6) is 0.448. The molecule has 1 N–H and O–H groups in total. The normalized spacial score (nSPS) is 13.2. The zero-order valence-electron chi connectivity index (χ0n) is 12.1. The minimum absolute atomic E-state index is 0.0256. The Kier molecular flexibility index (Phi) is 4.35. The van der Waals surface area contributed by atoms with Crippen LogP contribution in [0.5, 0.6) is 5.88 Å². The van der Waals surface area contributed by atoms with Crippen molar-refractivity contribution in [2.75, 3.05) is 7.11 Å². The number of thiazole rings is 1. The van der Waals surface area contributed by atoms with Gasteiger partial charge in [0.15, 0.2) is 0 Å². The molecular formula is C14H19N3O2S. The van der Waals surface area contributed by atoms with Gasteiger partial charge in [-0.25, -0.2) is 15.0 Å². The quantitative estimate of drug-likeness (QED) is 0.938. The van der Waals surface area contributed by atoms with Gasteiger partial charge < -0.3 is 9.84 Å². The summed E-state index contributed by atoms with van der Waals surface area (Å²) in [6, 6.07) is 1.64. The van der Waals surface area contributed by atoms with Gasteiger partial charge in [-0.2, -0.15) is 0 Å². The number of aromatic nitrogens is 3. The summed E-state index contributed by atoms with van der Waals surface area (Å²) in [6.45, 7) is 6.37. The molecule has 0 amide bonds. The monoisotopic (exact) mass is 293 g/mol. The standard InChI is InChI=1S/C14H19N3O2S/c1-14(2,3)11-7-20-13(17-11)6-10(18)9-5-12(19-4)16-8-15-9/h5,7-8,10,18H,6H2,1-4H3. The number of aliphatic hydroxyl groups is 1. The van der Waals surface area contributed by atoms with Gasteiger partial charge in [0, 0.05) is 23.3 Å². The molecule has 20 heavy (non-hydrogen) atoms. The van der Waals surface area contributed by atoms with E-state index in [2.05, 4.69) is 35.7 Å². The first-order chi connectivity index (χ1) is 9.40. The number of aliphatic hydroxyl groups excluding tert-OH is 1. The Hall–Kier alpha value is -1.53. The third-order valence-electron chi connectivity index (χ3n) is 2.90. The summed E-state index contributed by atoms with van der Waals surface area (Å²) in [5, 5.41) is 13.2. The van der Waals surface area contributed by atoms with Crippen LogP contribution in [0.2, 0.25) is 0 Å². The summed E-state index contributed by atoms with van der Waals surface area (Å²) >= 11 is 1.56. The van der Waals surface area contributed by atoms with Gasteiger partial charge in [-0.3, -0.25) is 0 Å². The number of rotatable bonds is 4. The molecule has 2 aromatic heterocycles. The topological polar surface area (TPSA) is 68.1 Å². The lowest BCUT2D eigenvalue weighted by Gasteiger charge is -2.14. The van der Waals surface area contributed by atoms with E-state index in [0.29, 0.717) is 18.0 Å². The second-order valence-electron chi connectivity index (χ2n) is 5.58. The predicted molar refractivity (Wildman–Crippen MR) is 78.1 cm³/mol. The highest BCUT2D eigenvalue weighted by atomic mass is 32.1. The van der Waals surface area contributed by atoms with E-state index in [1.54, 1.807) is 17.4 Å². The first-order valence-corrected chi connectivity index (χ1v) is 7.27. The van der Waals surface area contributed by atoms with Crippen LogP contribution in [0.4, 0.5) is 0 Å². The Morgan fingerprint density at radius 1 is 1.35 bits per heavy atom. The van der Waals surface area contributed by atoms with Crippen LogP contribution in [0.1, 0.15) is 43.3 Å². The van der Waals surface area contributed by atoms with Crippen molar-refractivity contribution in [3.63, 3.8) is 0 Å². The number of methoxy groups -OCH3 is 1. The van der Waals surface area contributed by atoms with Crippen LogP contribution in [0, 0.1) is 0 Å². The van der Waals surface area contributed by atoms with Crippen molar-refractivity contribution in [1.82, 2.24) is 15.0 Å². The van der Waals surface area contributed by atoms with Crippen LogP contribution >= 0.6 is 11.3 Å². The van der Waals surface area contributed by atoms with E-state index < -0.39 is 6.10 Å². The highest BCUT2D eigenvalue weighted by molar-refractivity contribution is 7.09. The van der Waals surface area contributed by atoms with Crippen LogP contribution in [-0.4, -0.2) is 27.2 Å². The SMILES string of the molecule is COc1cc(C(O)Cc2nc(C(C)(C)C)cs2)ncn1. The van der Waals surface area contributed by atoms with Crippen molar-refractivity contribution >= 4 is 11.3 Å². The van der Waals surface area contributed by atoms with Gasteiger partial charge in [-0.05, 0) is 0 Å². The molecule has 2 rings (SSSR count). The zero-order chi connectivity index (χ0) is 14.8. The fraction of sp³-hybridized carbons (Fsp3) is 0.500. The van der Waals surface area contributed by atoms with Crippen molar-refractivity contribution in [2.45, 2.75) is 38.7 Å². The van der Waals surface area contributed by atoms with E-state index in [-0.39, 0.29) is 5.41 Å². The molecule has 108 valence electrons. The molecule has 1 atom stereocenters. The Morgan fingerprint density at radius 2 is 2.10 bits per heavy atom. The van der Waals surface area contributed by atoms with E-state index in [4.69, 9.17) is 4.74 Å². The fourth-order valence-corrected chi connectivity index (χ4v) is 2.73. The van der Waals surface area contributed by atoms with Gasteiger partial charge in [0.1, 0.15) is 12.4 Å². The van der Waals surface area contributed by atoms with Gasteiger partial charge in [0.25, 0.3) is 0 Å². The van der Waals surface area contributed by atoms with Crippen LogP contribution in [0.25, 0.3) is 0 Å². The maximum Gasteiger partial charge on any atom is 0.216 e. The van der Waals surface area contributed by atoms with Gasteiger partial charge in [-0.1, -0.05) is 20.8 Å². The molecule has 0 radical (unpaired) electrons. The molecule has 0 aliphatic heterocycles. The number of hydrogen-bond donors (Lipinski definition) is 1. The lowest BCUT2D eigenvalue weighted by molar-refractivity contribution is 0.172. The van der Waals surface area contributed by atoms with Gasteiger partial charge >= 0.3 is 0 Å². The lowest BCUT2D eigenvalue weighted by Crippen LogP contribution is -2.12. The Morgan fingerprint density at radius 3 is 2.70 bits per heavy atom. The fourth-order valence-electron chi connectivity index (χ4n) is 1.67. The molecule has 0 aliphatic carbocycles. The average Bonchev–Trinajstić information content (AvgIpc) is 2.87. The van der Waals surface area contributed by atoms with Crippen molar-refractivity contribution in [3.8, 4) is 5.88 Å². The number of ether oxygens (including phenoxy) is 1. The lowest BCUT2D eigenvalue weighted by atomic mass is 9.93. The zero-order valence-corrected chi connectivity index (χ0v) is 12.9. The highest BCUT2D eigenvalue weighted by Crippen LogP contribution is 2.26. The smallest absolute Gasteiger partial charge is 0.216 e. The predicted octanol–water partition coefficient (Wildman–Crippen LogP) is 2.52. The van der Waals surface area contributed by atoms with E-state index >= 15 is 0 Å². The molecule has 0 saturated carbocycles. The van der Waals surface area contributed by atoms with Crippen LogP contribution in [0.15, 0.2) is 17.8 Å². The van der Waals surface area contributed by atoms with E-state index in [9.17, 15) is 5.11 Å². The molecule has 0 aliphatic rings. The van der Waals surface area contributed by atoms with Gasteiger partial charge in [0.05, 0.1) is 23.5 Å². The minimum Gasteiger partial charge on any atom is -0.481 e. The largest absolute Gasteiger partial charge is 0.481 e. The summed E-state index contributed by atoms with van der Waals surface area (Å²) in [5.41, 5.74) is 1.62. The second kappa shape index (κ2) is 5.85. The molecular weight excluding hydrogens is 274 g/mol. The molecule has 0 spiro atoms. The van der Waals surface area contributed by atoms with Gasteiger partial charge in [0.2, 0.25) is 5.88 Å². The average molecular weight is 293 g/mol.